The zero-order valence-corrected chi connectivity index (χ0v) is 8.08. The van der Waals surface area contributed by atoms with Crippen molar-refractivity contribution in [2.75, 3.05) is 13.2 Å². The fraction of sp³-hybridized carbons (Fsp3) is 0.556. The van der Waals surface area contributed by atoms with Crippen molar-refractivity contribution in [1.82, 2.24) is 0 Å². The molecule has 0 saturated heterocycles. The minimum absolute atomic E-state index is 0.334. The summed E-state index contributed by atoms with van der Waals surface area (Å²) in [6.07, 6.45) is -2.46. The standard InChI is InChI=1S/C9H10F4O3/c10-8(11)9(12,13)5-16-4-7(14)6-1-2-15-3-6/h1-3,7-8,14H,4-5H2. The normalized spacial score (nSPS) is 14.4. The van der Waals surface area contributed by atoms with E-state index in [1.165, 1.54) is 18.6 Å². The number of hydrogen-bond acceptors (Lipinski definition) is 3. The van der Waals surface area contributed by atoms with E-state index in [-0.39, 0.29) is 0 Å². The Balaban J connectivity index is 2.31. The second-order valence-electron chi connectivity index (χ2n) is 3.15. The Morgan fingerprint density at radius 3 is 2.62 bits per heavy atom. The molecule has 0 amide bonds. The van der Waals surface area contributed by atoms with E-state index in [0.29, 0.717) is 5.56 Å². The summed E-state index contributed by atoms with van der Waals surface area (Å²) in [5.74, 6) is -4.20. The summed E-state index contributed by atoms with van der Waals surface area (Å²) in [5.41, 5.74) is 0.334. The minimum Gasteiger partial charge on any atom is -0.472 e. The monoisotopic (exact) mass is 242 g/mol. The predicted octanol–water partition coefficient (Wildman–Crippen LogP) is 2.23. The number of rotatable bonds is 6. The van der Waals surface area contributed by atoms with Crippen molar-refractivity contribution in [3.63, 3.8) is 0 Å². The fourth-order valence-corrected chi connectivity index (χ4v) is 0.930. The quantitative estimate of drug-likeness (QED) is 0.778. The van der Waals surface area contributed by atoms with E-state index in [4.69, 9.17) is 0 Å². The van der Waals surface area contributed by atoms with Gasteiger partial charge in [-0.1, -0.05) is 0 Å². The smallest absolute Gasteiger partial charge is 0.330 e. The summed E-state index contributed by atoms with van der Waals surface area (Å²) in [6.45, 7) is -1.93. The molecule has 1 aromatic heterocycles. The predicted molar refractivity (Wildman–Crippen MR) is 45.4 cm³/mol. The summed E-state index contributed by atoms with van der Waals surface area (Å²) in [7, 11) is 0. The van der Waals surface area contributed by atoms with Gasteiger partial charge in [-0.25, -0.2) is 8.78 Å². The molecular weight excluding hydrogens is 232 g/mol. The lowest BCUT2D eigenvalue weighted by atomic mass is 10.2. The molecule has 0 radical (unpaired) electrons. The van der Waals surface area contributed by atoms with Gasteiger partial charge in [0.1, 0.15) is 12.7 Å². The Kier molecular flexibility index (Phi) is 4.31. The van der Waals surface area contributed by atoms with E-state index in [9.17, 15) is 22.7 Å². The Labute approximate surface area is 88.6 Å². The number of hydrogen-bond donors (Lipinski definition) is 1. The molecule has 1 rings (SSSR count). The van der Waals surface area contributed by atoms with Gasteiger partial charge in [0, 0.05) is 5.56 Å². The average Bonchev–Trinajstić information content (AvgIpc) is 2.69. The highest BCUT2D eigenvalue weighted by Gasteiger charge is 2.41. The van der Waals surface area contributed by atoms with Crippen LogP contribution in [0.1, 0.15) is 11.7 Å². The van der Waals surface area contributed by atoms with Gasteiger partial charge in [0.25, 0.3) is 0 Å². The number of alkyl halides is 4. The first-order chi connectivity index (χ1) is 7.43. The van der Waals surface area contributed by atoms with E-state index in [1.54, 1.807) is 0 Å². The van der Waals surface area contributed by atoms with E-state index in [0.717, 1.165) is 0 Å². The minimum atomic E-state index is -4.20. The van der Waals surface area contributed by atoms with Crippen LogP contribution in [0.5, 0.6) is 0 Å². The molecule has 7 heteroatoms. The molecule has 0 bridgehead atoms. The molecule has 16 heavy (non-hydrogen) atoms. The van der Waals surface area contributed by atoms with Crippen molar-refractivity contribution in [2.24, 2.45) is 0 Å². The van der Waals surface area contributed by atoms with Gasteiger partial charge in [0.15, 0.2) is 0 Å². The molecule has 0 spiro atoms. The highest BCUT2D eigenvalue weighted by molar-refractivity contribution is 5.08. The van der Waals surface area contributed by atoms with Crippen LogP contribution in [0.2, 0.25) is 0 Å². The Bertz CT molecular complexity index is 300. The molecule has 0 aromatic carbocycles. The molecule has 0 saturated carbocycles. The average molecular weight is 242 g/mol. The lowest BCUT2D eigenvalue weighted by molar-refractivity contribution is -0.170. The van der Waals surface area contributed by atoms with Crippen molar-refractivity contribution in [3.05, 3.63) is 24.2 Å². The first kappa shape index (κ1) is 13.0. The van der Waals surface area contributed by atoms with Crippen LogP contribution in [-0.2, 0) is 4.74 Å². The fourth-order valence-electron chi connectivity index (χ4n) is 0.930. The van der Waals surface area contributed by atoms with Crippen LogP contribution < -0.4 is 0 Å². The summed E-state index contributed by atoms with van der Waals surface area (Å²) in [6, 6.07) is 1.42. The maximum absolute atomic E-state index is 12.4. The van der Waals surface area contributed by atoms with Crippen LogP contribution in [0.3, 0.4) is 0 Å². The van der Waals surface area contributed by atoms with Crippen molar-refractivity contribution < 1.29 is 31.8 Å². The second-order valence-corrected chi connectivity index (χ2v) is 3.15. The Morgan fingerprint density at radius 1 is 1.44 bits per heavy atom. The zero-order valence-electron chi connectivity index (χ0n) is 8.08. The lowest BCUT2D eigenvalue weighted by Gasteiger charge is -2.16. The highest BCUT2D eigenvalue weighted by Crippen LogP contribution is 2.23. The second kappa shape index (κ2) is 5.31. The van der Waals surface area contributed by atoms with Crippen molar-refractivity contribution >= 4 is 0 Å². The Hall–Kier alpha value is -1.08. The first-order valence-corrected chi connectivity index (χ1v) is 4.37. The number of halogens is 4. The van der Waals surface area contributed by atoms with Crippen LogP contribution in [0.4, 0.5) is 17.6 Å². The molecule has 0 aliphatic heterocycles. The van der Waals surface area contributed by atoms with E-state index in [1.807, 2.05) is 0 Å². The van der Waals surface area contributed by atoms with E-state index in [2.05, 4.69) is 9.15 Å². The maximum atomic E-state index is 12.4. The molecule has 3 nitrogen and oxygen atoms in total. The van der Waals surface area contributed by atoms with Gasteiger partial charge in [-0.2, -0.15) is 8.78 Å². The summed E-state index contributed by atoms with van der Waals surface area (Å²) in [5, 5.41) is 9.33. The largest absolute Gasteiger partial charge is 0.472 e. The third-order valence-electron chi connectivity index (χ3n) is 1.82. The van der Waals surface area contributed by atoms with Crippen molar-refractivity contribution in [1.29, 1.82) is 0 Å². The molecule has 0 fully saturated rings. The summed E-state index contributed by atoms with van der Waals surface area (Å²) < 4.78 is 57.1. The van der Waals surface area contributed by atoms with Gasteiger partial charge in [0.05, 0.1) is 19.1 Å². The van der Waals surface area contributed by atoms with Gasteiger partial charge in [0.2, 0.25) is 0 Å². The zero-order chi connectivity index (χ0) is 12.2. The van der Waals surface area contributed by atoms with Crippen LogP contribution in [0, 0.1) is 0 Å². The van der Waals surface area contributed by atoms with E-state index >= 15 is 0 Å². The molecule has 1 N–H and O–H groups in total. The molecule has 1 atom stereocenters. The topological polar surface area (TPSA) is 42.6 Å². The van der Waals surface area contributed by atoms with E-state index < -0.39 is 31.7 Å². The molecule has 0 aliphatic rings. The van der Waals surface area contributed by atoms with Gasteiger partial charge in [-0.3, -0.25) is 0 Å². The van der Waals surface area contributed by atoms with Gasteiger partial charge >= 0.3 is 12.3 Å². The number of furan rings is 1. The summed E-state index contributed by atoms with van der Waals surface area (Å²) in [4.78, 5) is 0. The number of aliphatic hydroxyl groups is 1. The first-order valence-electron chi connectivity index (χ1n) is 4.37. The molecular formula is C9H10F4O3. The third-order valence-corrected chi connectivity index (χ3v) is 1.82. The molecule has 0 aliphatic carbocycles. The van der Waals surface area contributed by atoms with Crippen LogP contribution in [-0.4, -0.2) is 30.7 Å². The summed E-state index contributed by atoms with van der Waals surface area (Å²) >= 11 is 0. The van der Waals surface area contributed by atoms with Crippen LogP contribution >= 0.6 is 0 Å². The molecule has 1 heterocycles. The Morgan fingerprint density at radius 2 is 2.12 bits per heavy atom. The number of ether oxygens (including phenoxy) is 1. The maximum Gasteiger partial charge on any atom is 0.330 e. The molecule has 92 valence electrons. The van der Waals surface area contributed by atoms with Gasteiger partial charge in [-0.05, 0) is 6.07 Å². The third kappa shape index (κ3) is 3.49. The SMILES string of the molecule is OC(COCC(F)(F)C(F)F)c1ccoc1. The van der Waals surface area contributed by atoms with Crippen LogP contribution in [0.25, 0.3) is 0 Å². The van der Waals surface area contributed by atoms with Crippen molar-refractivity contribution in [3.8, 4) is 0 Å². The molecule has 1 aromatic rings. The van der Waals surface area contributed by atoms with Crippen LogP contribution in [0.15, 0.2) is 23.0 Å². The molecule has 1 unspecified atom stereocenters. The van der Waals surface area contributed by atoms with Crippen molar-refractivity contribution in [2.45, 2.75) is 18.5 Å². The highest BCUT2D eigenvalue weighted by atomic mass is 19.3. The number of aliphatic hydroxyl groups excluding tert-OH is 1. The van der Waals surface area contributed by atoms with Gasteiger partial charge < -0.3 is 14.3 Å². The van der Waals surface area contributed by atoms with Gasteiger partial charge in [-0.15, -0.1) is 0 Å². The lowest BCUT2D eigenvalue weighted by Crippen LogP contribution is -2.33.